The van der Waals surface area contributed by atoms with E-state index in [2.05, 4.69) is 0 Å². The molecule has 4 nitrogen and oxygen atoms in total. The van der Waals surface area contributed by atoms with Crippen molar-refractivity contribution in [2.45, 2.75) is 19.8 Å². The lowest BCUT2D eigenvalue weighted by atomic mass is 9.92. The number of carbonyl (C=O) groups excluding carboxylic acids is 1. The van der Waals surface area contributed by atoms with Crippen LogP contribution in [-0.4, -0.2) is 30.8 Å². The van der Waals surface area contributed by atoms with E-state index in [1.54, 1.807) is 6.07 Å². The molecular weight excluding hydrogens is 321 g/mol. The highest BCUT2D eigenvalue weighted by Gasteiger charge is 2.30. The van der Waals surface area contributed by atoms with Gasteiger partial charge < -0.3 is 14.7 Å². The van der Waals surface area contributed by atoms with Crippen molar-refractivity contribution < 1.29 is 19.0 Å². The van der Waals surface area contributed by atoms with E-state index in [4.69, 9.17) is 4.74 Å². The fourth-order valence-corrected chi connectivity index (χ4v) is 3.24. The van der Waals surface area contributed by atoms with Gasteiger partial charge in [-0.25, -0.2) is 4.39 Å². The largest absolute Gasteiger partial charge is 0.494 e. The van der Waals surface area contributed by atoms with Crippen LogP contribution >= 0.6 is 0 Å². The molecule has 0 fully saturated rings. The minimum Gasteiger partial charge on any atom is -0.494 e. The second-order valence-electron chi connectivity index (χ2n) is 6.26. The van der Waals surface area contributed by atoms with E-state index in [1.807, 2.05) is 37.3 Å². The quantitative estimate of drug-likeness (QED) is 0.908. The van der Waals surface area contributed by atoms with Gasteiger partial charge in [-0.2, -0.15) is 0 Å². The molecule has 0 spiro atoms. The summed E-state index contributed by atoms with van der Waals surface area (Å²) in [6.07, 6.45) is 0.759. The number of nitrogens with zero attached hydrogens (tertiary/aromatic N) is 1. The zero-order valence-electron chi connectivity index (χ0n) is 14.2. The standard InChI is InChI=1S/C20H22FNO3/c1-2-25-17-8-6-14(7-9-17)11-19(24)22-12-15(13-23)10-16-4-3-5-18(21)20(16)22/h3-9,15,23H,2,10-13H2,1H3. The van der Waals surface area contributed by atoms with Crippen LogP contribution in [0.25, 0.3) is 0 Å². The number of anilines is 1. The third-order valence-corrected chi connectivity index (χ3v) is 4.44. The van der Waals surface area contributed by atoms with E-state index in [-0.39, 0.29) is 24.9 Å². The third kappa shape index (κ3) is 3.82. The first kappa shape index (κ1) is 17.4. The number of aliphatic hydroxyl groups is 1. The van der Waals surface area contributed by atoms with E-state index >= 15 is 0 Å². The number of hydrogen-bond acceptors (Lipinski definition) is 3. The number of hydrogen-bond donors (Lipinski definition) is 1. The number of halogens is 1. The zero-order valence-corrected chi connectivity index (χ0v) is 14.2. The van der Waals surface area contributed by atoms with Crippen molar-refractivity contribution in [1.82, 2.24) is 0 Å². The Morgan fingerprint density at radius 3 is 2.72 bits per heavy atom. The summed E-state index contributed by atoms with van der Waals surface area (Å²) in [6.45, 7) is 2.81. The minimum absolute atomic E-state index is 0.0250. The van der Waals surface area contributed by atoms with Crippen LogP contribution in [0.3, 0.4) is 0 Å². The van der Waals surface area contributed by atoms with Crippen LogP contribution in [0.1, 0.15) is 18.1 Å². The fourth-order valence-electron chi connectivity index (χ4n) is 3.24. The molecule has 1 aliphatic rings. The number of benzene rings is 2. The molecule has 0 bridgehead atoms. The summed E-state index contributed by atoms with van der Waals surface area (Å²) < 4.78 is 19.7. The lowest BCUT2D eigenvalue weighted by Gasteiger charge is -2.34. The smallest absolute Gasteiger partial charge is 0.231 e. The lowest BCUT2D eigenvalue weighted by molar-refractivity contribution is -0.118. The molecule has 132 valence electrons. The van der Waals surface area contributed by atoms with Gasteiger partial charge in [0.2, 0.25) is 5.91 Å². The van der Waals surface area contributed by atoms with Crippen LogP contribution in [-0.2, 0) is 17.6 Å². The molecule has 1 unspecified atom stereocenters. The second kappa shape index (κ2) is 7.66. The summed E-state index contributed by atoms with van der Waals surface area (Å²) in [7, 11) is 0. The maximum Gasteiger partial charge on any atom is 0.231 e. The van der Waals surface area contributed by atoms with E-state index in [1.165, 1.54) is 11.0 Å². The SMILES string of the molecule is CCOc1ccc(CC(=O)N2CC(CO)Cc3cccc(F)c32)cc1. The van der Waals surface area contributed by atoms with Crippen molar-refractivity contribution >= 4 is 11.6 Å². The monoisotopic (exact) mass is 343 g/mol. The van der Waals surface area contributed by atoms with E-state index < -0.39 is 5.82 Å². The van der Waals surface area contributed by atoms with Crippen LogP contribution in [0.2, 0.25) is 0 Å². The van der Waals surface area contributed by atoms with Gasteiger partial charge in [0.15, 0.2) is 0 Å². The maximum atomic E-state index is 14.3. The molecular formula is C20H22FNO3. The first-order valence-corrected chi connectivity index (χ1v) is 8.52. The number of ether oxygens (including phenoxy) is 1. The van der Waals surface area contributed by atoms with E-state index in [0.717, 1.165) is 16.9 Å². The highest BCUT2D eigenvalue weighted by molar-refractivity contribution is 5.96. The van der Waals surface area contributed by atoms with Crippen LogP contribution in [0.15, 0.2) is 42.5 Å². The molecule has 1 N–H and O–H groups in total. The van der Waals surface area contributed by atoms with Crippen molar-refractivity contribution in [3.8, 4) is 5.75 Å². The third-order valence-electron chi connectivity index (χ3n) is 4.44. The summed E-state index contributed by atoms with van der Waals surface area (Å²) in [5, 5.41) is 9.51. The number of carbonyl (C=O) groups is 1. The molecule has 1 amide bonds. The van der Waals surface area contributed by atoms with Gasteiger partial charge in [-0.15, -0.1) is 0 Å². The van der Waals surface area contributed by atoms with Crippen LogP contribution in [0.5, 0.6) is 5.75 Å². The first-order chi connectivity index (χ1) is 12.1. The molecule has 0 radical (unpaired) electrons. The van der Waals surface area contributed by atoms with Crippen molar-refractivity contribution in [1.29, 1.82) is 0 Å². The molecule has 2 aromatic carbocycles. The lowest BCUT2D eigenvalue weighted by Crippen LogP contribution is -2.42. The van der Waals surface area contributed by atoms with Gasteiger partial charge in [0.1, 0.15) is 11.6 Å². The van der Waals surface area contributed by atoms with Crippen molar-refractivity contribution in [3.63, 3.8) is 0 Å². The summed E-state index contributed by atoms with van der Waals surface area (Å²) in [5.41, 5.74) is 1.96. The zero-order chi connectivity index (χ0) is 17.8. The fraction of sp³-hybridized carbons (Fsp3) is 0.350. The number of amides is 1. The number of aliphatic hydroxyl groups excluding tert-OH is 1. The molecule has 5 heteroatoms. The summed E-state index contributed by atoms with van der Waals surface area (Å²) >= 11 is 0. The maximum absolute atomic E-state index is 14.3. The highest BCUT2D eigenvalue weighted by Crippen LogP contribution is 2.32. The Kier molecular flexibility index (Phi) is 5.34. The van der Waals surface area contributed by atoms with Gasteiger partial charge in [-0.3, -0.25) is 4.79 Å². The van der Waals surface area contributed by atoms with Gasteiger partial charge in [-0.05, 0) is 42.7 Å². The Labute approximate surface area is 146 Å². The van der Waals surface area contributed by atoms with Crippen LogP contribution in [0, 0.1) is 11.7 Å². The summed E-state index contributed by atoms with van der Waals surface area (Å²) in [5.74, 6) is 0.120. The molecule has 0 aliphatic carbocycles. The van der Waals surface area contributed by atoms with Crippen molar-refractivity contribution in [2.75, 3.05) is 24.7 Å². The Balaban J connectivity index is 1.81. The normalized spacial score (nSPS) is 16.4. The molecule has 3 rings (SSSR count). The van der Waals surface area contributed by atoms with Crippen molar-refractivity contribution in [3.05, 3.63) is 59.4 Å². The van der Waals surface area contributed by atoms with Gasteiger partial charge in [0, 0.05) is 19.1 Å². The highest BCUT2D eigenvalue weighted by atomic mass is 19.1. The molecule has 0 aromatic heterocycles. The average Bonchev–Trinajstić information content (AvgIpc) is 2.62. The Bertz CT molecular complexity index is 745. The average molecular weight is 343 g/mol. The van der Waals surface area contributed by atoms with Crippen LogP contribution in [0.4, 0.5) is 10.1 Å². The van der Waals surface area contributed by atoms with Crippen molar-refractivity contribution in [2.24, 2.45) is 5.92 Å². The summed E-state index contributed by atoms with van der Waals surface area (Å²) in [6, 6.07) is 12.2. The summed E-state index contributed by atoms with van der Waals surface area (Å²) in [4.78, 5) is 14.3. The molecule has 0 saturated carbocycles. The molecule has 25 heavy (non-hydrogen) atoms. The molecule has 1 heterocycles. The first-order valence-electron chi connectivity index (χ1n) is 8.52. The topological polar surface area (TPSA) is 49.8 Å². The van der Waals surface area contributed by atoms with Crippen LogP contribution < -0.4 is 9.64 Å². The van der Waals surface area contributed by atoms with Gasteiger partial charge in [0.25, 0.3) is 0 Å². The Morgan fingerprint density at radius 2 is 2.04 bits per heavy atom. The predicted molar refractivity (Wildman–Crippen MR) is 94.3 cm³/mol. The molecule has 0 saturated heterocycles. The van der Waals surface area contributed by atoms with E-state index in [0.29, 0.717) is 25.3 Å². The molecule has 2 aromatic rings. The number of fused-ring (bicyclic) bond motifs is 1. The Morgan fingerprint density at radius 1 is 1.28 bits per heavy atom. The molecule has 1 atom stereocenters. The number of para-hydroxylation sites is 1. The second-order valence-corrected chi connectivity index (χ2v) is 6.26. The van der Waals surface area contributed by atoms with Gasteiger partial charge in [-0.1, -0.05) is 24.3 Å². The Hall–Kier alpha value is -2.40. The van der Waals surface area contributed by atoms with E-state index in [9.17, 15) is 14.3 Å². The predicted octanol–water partition coefficient (Wildman–Crippen LogP) is 2.96. The molecule has 1 aliphatic heterocycles. The van der Waals surface area contributed by atoms with Gasteiger partial charge in [0.05, 0.1) is 18.7 Å². The minimum atomic E-state index is -0.395. The van der Waals surface area contributed by atoms with Gasteiger partial charge >= 0.3 is 0 Å². The number of rotatable bonds is 5.